The summed E-state index contributed by atoms with van der Waals surface area (Å²) in [6, 6.07) is 4.56. The quantitative estimate of drug-likeness (QED) is 0.857. The van der Waals surface area contributed by atoms with Crippen LogP contribution in [0.3, 0.4) is 0 Å². The predicted molar refractivity (Wildman–Crippen MR) is 67.3 cm³/mol. The number of aliphatic hydroxyl groups excluding tert-OH is 1. The molecule has 1 heterocycles. The van der Waals surface area contributed by atoms with E-state index in [0.717, 1.165) is 0 Å². The van der Waals surface area contributed by atoms with Gasteiger partial charge in [0.15, 0.2) is 0 Å². The number of nitrogens with zero attached hydrogens (tertiary/aromatic N) is 2. The first kappa shape index (κ1) is 12.8. The minimum Gasteiger partial charge on any atom is -0.391 e. The van der Waals surface area contributed by atoms with Crippen LogP contribution in [0.1, 0.15) is 16.8 Å². The number of amides is 1. The van der Waals surface area contributed by atoms with E-state index < -0.39 is 11.9 Å². The van der Waals surface area contributed by atoms with Crippen molar-refractivity contribution in [2.75, 3.05) is 32.1 Å². The maximum atomic E-state index is 13.9. The van der Waals surface area contributed by atoms with E-state index in [4.69, 9.17) is 0 Å². The third-order valence-electron chi connectivity index (χ3n) is 3.15. The number of β-amino-alcohol motifs (C(OH)–C–C–N with tert-alkyl or cyclic N) is 1. The third-order valence-corrected chi connectivity index (χ3v) is 3.15. The van der Waals surface area contributed by atoms with Gasteiger partial charge in [0.05, 0.1) is 11.7 Å². The monoisotopic (exact) mass is 252 g/mol. The molecule has 0 aliphatic carbocycles. The number of likely N-dealkylation sites (tertiary alicyclic amines) is 1. The van der Waals surface area contributed by atoms with Crippen molar-refractivity contribution in [1.29, 1.82) is 0 Å². The van der Waals surface area contributed by atoms with Crippen LogP contribution in [0.15, 0.2) is 18.2 Å². The molecule has 0 unspecified atom stereocenters. The zero-order valence-corrected chi connectivity index (χ0v) is 10.6. The van der Waals surface area contributed by atoms with Crippen LogP contribution in [0, 0.1) is 5.82 Å². The molecule has 18 heavy (non-hydrogen) atoms. The van der Waals surface area contributed by atoms with Crippen LogP contribution in [0.25, 0.3) is 0 Å². The van der Waals surface area contributed by atoms with E-state index in [1.807, 2.05) is 14.1 Å². The fourth-order valence-electron chi connectivity index (χ4n) is 2.05. The molecule has 0 radical (unpaired) electrons. The van der Waals surface area contributed by atoms with Crippen molar-refractivity contribution < 1.29 is 14.3 Å². The number of benzene rings is 1. The summed E-state index contributed by atoms with van der Waals surface area (Å²) < 4.78 is 13.9. The Morgan fingerprint density at radius 1 is 1.50 bits per heavy atom. The van der Waals surface area contributed by atoms with Gasteiger partial charge in [-0.2, -0.15) is 0 Å². The third kappa shape index (κ3) is 2.46. The lowest BCUT2D eigenvalue weighted by Crippen LogP contribution is -2.30. The first-order valence-corrected chi connectivity index (χ1v) is 5.93. The van der Waals surface area contributed by atoms with Crippen LogP contribution in [0.4, 0.5) is 10.1 Å². The smallest absolute Gasteiger partial charge is 0.256 e. The Bertz CT molecular complexity index is 462. The second-order valence-corrected chi connectivity index (χ2v) is 4.75. The SMILES string of the molecule is CN(C)c1ccc(C(=O)N2CC[C@@H](O)C2)c(F)c1. The summed E-state index contributed by atoms with van der Waals surface area (Å²) in [7, 11) is 3.63. The maximum Gasteiger partial charge on any atom is 0.256 e. The Kier molecular flexibility index (Phi) is 3.52. The first-order chi connectivity index (χ1) is 8.49. The van der Waals surface area contributed by atoms with Crippen LogP contribution in [-0.2, 0) is 0 Å². The van der Waals surface area contributed by atoms with E-state index in [1.165, 1.54) is 17.0 Å². The van der Waals surface area contributed by atoms with Gasteiger partial charge >= 0.3 is 0 Å². The molecule has 1 aromatic rings. The first-order valence-electron chi connectivity index (χ1n) is 5.93. The predicted octanol–water partition coefficient (Wildman–Crippen LogP) is 1.10. The molecule has 1 amide bonds. The number of carbonyl (C=O) groups is 1. The number of rotatable bonds is 2. The lowest BCUT2D eigenvalue weighted by atomic mass is 10.1. The Morgan fingerprint density at radius 2 is 2.22 bits per heavy atom. The van der Waals surface area contributed by atoms with Gasteiger partial charge in [0.25, 0.3) is 5.91 Å². The molecule has 1 N–H and O–H groups in total. The van der Waals surface area contributed by atoms with E-state index in [9.17, 15) is 14.3 Å². The average Bonchev–Trinajstić information content (AvgIpc) is 2.74. The van der Waals surface area contributed by atoms with Gasteiger partial charge in [-0.05, 0) is 24.6 Å². The molecular weight excluding hydrogens is 235 g/mol. The van der Waals surface area contributed by atoms with Crippen molar-refractivity contribution in [3.8, 4) is 0 Å². The highest BCUT2D eigenvalue weighted by atomic mass is 19.1. The fourth-order valence-corrected chi connectivity index (χ4v) is 2.05. The van der Waals surface area contributed by atoms with Gasteiger partial charge in [-0.15, -0.1) is 0 Å². The lowest BCUT2D eigenvalue weighted by molar-refractivity contribution is 0.0760. The van der Waals surface area contributed by atoms with Crippen LogP contribution >= 0.6 is 0 Å². The Hall–Kier alpha value is -1.62. The van der Waals surface area contributed by atoms with E-state index in [0.29, 0.717) is 18.7 Å². The highest BCUT2D eigenvalue weighted by molar-refractivity contribution is 5.95. The largest absolute Gasteiger partial charge is 0.391 e. The number of aliphatic hydroxyl groups is 1. The molecule has 0 spiro atoms. The van der Waals surface area contributed by atoms with Gasteiger partial charge in [0, 0.05) is 32.9 Å². The van der Waals surface area contributed by atoms with Crippen molar-refractivity contribution in [3.05, 3.63) is 29.6 Å². The molecule has 1 atom stereocenters. The van der Waals surface area contributed by atoms with E-state index in [2.05, 4.69) is 0 Å². The van der Waals surface area contributed by atoms with Gasteiger partial charge in [0.1, 0.15) is 5.82 Å². The molecule has 4 nitrogen and oxygen atoms in total. The number of halogens is 1. The van der Waals surface area contributed by atoms with Crippen molar-refractivity contribution in [3.63, 3.8) is 0 Å². The summed E-state index contributed by atoms with van der Waals surface area (Å²) in [5.41, 5.74) is 0.778. The Balaban J connectivity index is 2.21. The Labute approximate surface area is 106 Å². The number of anilines is 1. The molecular formula is C13H17FN2O2. The number of carbonyl (C=O) groups excluding carboxylic acids is 1. The fraction of sp³-hybridized carbons (Fsp3) is 0.462. The summed E-state index contributed by atoms with van der Waals surface area (Å²) in [6.07, 6.45) is 0.0708. The van der Waals surface area contributed by atoms with Crippen LogP contribution in [-0.4, -0.2) is 49.2 Å². The molecule has 1 aromatic carbocycles. The zero-order valence-electron chi connectivity index (χ0n) is 10.6. The lowest BCUT2D eigenvalue weighted by Gasteiger charge is -2.17. The van der Waals surface area contributed by atoms with Gasteiger partial charge < -0.3 is 14.9 Å². The molecule has 0 bridgehead atoms. The van der Waals surface area contributed by atoms with Gasteiger partial charge in [-0.25, -0.2) is 4.39 Å². The Morgan fingerprint density at radius 3 is 2.72 bits per heavy atom. The normalized spacial score (nSPS) is 19.1. The van der Waals surface area contributed by atoms with Crippen molar-refractivity contribution in [2.45, 2.75) is 12.5 Å². The molecule has 98 valence electrons. The molecule has 2 rings (SSSR count). The molecule has 0 saturated carbocycles. The summed E-state index contributed by atoms with van der Waals surface area (Å²) in [6.45, 7) is 0.766. The number of hydrogen-bond donors (Lipinski definition) is 1. The van der Waals surface area contributed by atoms with Crippen molar-refractivity contribution in [2.24, 2.45) is 0 Å². The summed E-state index contributed by atoms with van der Waals surface area (Å²) in [5.74, 6) is -0.873. The van der Waals surface area contributed by atoms with E-state index in [1.54, 1.807) is 11.0 Å². The second-order valence-electron chi connectivity index (χ2n) is 4.75. The minimum absolute atomic E-state index is 0.0645. The summed E-state index contributed by atoms with van der Waals surface area (Å²) >= 11 is 0. The standard InChI is InChI=1S/C13H17FN2O2/c1-15(2)9-3-4-11(12(14)7-9)13(18)16-6-5-10(17)8-16/h3-4,7,10,17H,5-6,8H2,1-2H3/t10-/m1/s1. The molecule has 1 saturated heterocycles. The van der Waals surface area contributed by atoms with Gasteiger partial charge in [-0.3, -0.25) is 4.79 Å². The zero-order chi connectivity index (χ0) is 13.3. The van der Waals surface area contributed by atoms with E-state index in [-0.39, 0.29) is 18.0 Å². The van der Waals surface area contributed by atoms with Crippen LogP contribution in [0.2, 0.25) is 0 Å². The maximum absolute atomic E-state index is 13.9. The van der Waals surface area contributed by atoms with Crippen LogP contribution in [0.5, 0.6) is 0 Å². The minimum atomic E-state index is -0.521. The highest BCUT2D eigenvalue weighted by Crippen LogP contribution is 2.20. The topological polar surface area (TPSA) is 43.8 Å². The summed E-state index contributed by atoms with van der Waals surface area (Å²) in [5, 5.41) is 9.39. The average molecular weight is 252 g/mol. The van der Waals surface area contributed by atoms with Crippen LogP contribution < -0.4 is 4.90 Å². The van der Waals surface area contributed by atoms with Gasteiger partial charge in [-0.1, -0.05) is 0 Å². The molecule has 5 heteroatoms. The molecule has 1 aliphatic rings. The highest BCUT2D eigenvalue weighted by Gasteiger charge is 2.27. The number of hydrogen-bond acceptors (Lipinski definition) is 3. The molecule has 1 aliphatic heterocycles. The molecule has 1 fully saturated rings. The summed E-state index contributed by atoms with van der Waals surface area (Å²) in [4.78, 5) is 15.3. The van der Waals surface area contributed by atoms with Crippen molar-refractivity contribution in [1.82, 2.24) is 4.90 Å². The second kappa shape index (κ2) is 4.94. The van der Waals surface area contributed by atoms with E-state index >= 15 is 0 Å². The van der Waals surface area contributed by atoms with Crippen molar-refractivity contribution >= 4 is 11.6 Å². The molecule has 0 aromatic heterocycles. The van der Waals surface area contributed by atoms with Gasteiger partial charge in [0.2, 0.25) is 0 Å².